The van der Waals surface area contributed by atoms with E-state index in [2.05, 4.69) is 37.0 Å². The van der Waals surface area contributed by atoms with Crippen LogP contribution < -0.4 is 16.0 Å². The number of rotatable bonds is 14. The highest BCUT2D eigenvalue weighted by Gasteiger charge is 2.21. The normalized spacial score (nSPS) is 13.9. The molecule has 1 aliphatic heterocycles. The Labute approximate surface area is 245 Å². The minimum atomic E-state index is -0.179. The van der Waals surface area contributed by atoms with Crippen LogP contribution in [0.4, 0.5) is 11.4 Å². The van der Waals surface area contributed by atoms with Gasteiger partial charge in [-0.25, -0.2) is 9.67 Å². The summed E-state index contributed by atoms with van der Waals surface area (Å²) in [6, 6.07) is 7.33. The number of alkyl halides is 1. The minimum Gasteiger partial charge on any atom is -0.381 e. The number of carbonyl (C=O) groups excluding carboxylic acids is 2. The molecule has 40 heavy (non-hydrogen) atoms. The number of carbonyl (C=O) groups is 2. The Bertz CT molecular complexity index is 1270. The molecule has 9 nitrogen and oxygen atoms in total. The summed E-state index contributed by atoms with van der Waals surface area (Å²) in [6.07, 6.45) is 9.70. The van der Waals surface area contributed by atoms with Gasteiger partial charge in [0.2, 0.25) is 5.91 Å². The lowest BCUT2D eigenvalue weighted by Crippen LogP contribution is -2.30. The van der Waals surface area contributed by atoms with E-state index in [1.54, 1.807) is 24.3 Å². The van der Waals surface area contributed by atoms with Crippen LogP contribution in [-0.2, 0) is 22.6 Å². The molecule has 3 aromatic rings. The van der Waals surface area contributed by atoms with Gasteiger partial charge in [0.1, 0.15) is 0 Å². The Hall–Kier alpha value is -2.98. The highest BCUT2D eigenvalue weighted by atomic mass is 79.9. The molecule has 2 aromatic heterocycles. The van der Waals surface area contributed by atoms with Crippen molar-refractivity contribution in [1.29, 1.82) is 0 Å². The number of pyridine rings is 1. The molecule has 1 fully saturated rings. The predicted octanol–water partition coefficient (Wildman–Crippen LogP) is 5.95. The molecule has 0 aliphatic carbocycles. The fraction of sp³-hybridized carbons (Fsp3) is 0.533. The average molecular weight is 614 g/mol. The monoisotopic (exact) mass is 612 g/mol. The fourth-order valence-corrected chi connectivity index (χ4v) is 5.41. The van der Waals surface area contributed by atoms with Crippen LogP contribution in [0.25, 0.3) is 11.0 Å². The molecule has 0 unspecified atom stereocenters. The Morgan fingerprint density at radius 1 is 1.07 bits per heavy atom. The van der Waals surface area contributed by atoms with Gasteiger partial charge in [-0.3, -0.25) is 9.59 Å². The van der Waals surface area contributed by atoms with E-state index in [0.717, 1.165) is 85.2 Å². The Kier molecular flexibility index (Phi) is 11.3. The first-order valence-corrected chi connectivity index (χ1v) is 15.6. The molecule has 0 radical (unpaired) electrons. The van der Waals surface area contributed by atoms with Gasteiger partial charge in [0, 0.05) is 66.6 Å². The highest BCUT2D eigenvalue weighted by Crippen LogP contribution is 2.30. The summed E-state index contributed by atoms with van der Waals surface area (Å²) in [4.78, 5) is 30.2. The summed E-state index contributed by atoms with van der Waals surface area (Å²) in [7, 11) is 0. The molecule has 2 amide bonds. The molecule has 0 spiro atoms. The SMILES string of the molecule is CCn1ncc2c(NC3CCOCC3)c(CNC(=O)c3ccc(NC(=O)CCCCCCCBr)cc3)c(C)nc21. The summed E-state index contributed by atoms with van der Waals surface area (Å²) < 4.78 is 7.44. The third kappa shape index (κ3) is 8.04. The van der Waals surface area contributed by atoms with Crippen LogP contribution in [0.5, 0.6) is 0 Å². The number of nitrogens with zero attached hydrogens (tertiary/aromatic N) is 3. The van der Waals surface area contributed by atoms with Crippen LogP contribution in [0.1, 0.15) is 79.9 Å². The standard InChI is InChI=1S/C30H41BrN6O3/c1-3-37-29-26(20-33-37)28(36-24-14-17-40-18-15-24)25(21(2)34-29)19-32-30(39)22-10-12-23(13-11-22)35-27(38)9-7-5-4-6-8-16-31/h10-13,20,24H,3-9,14-19H2,1-2H3,(H,32,39)(H,34,36)(H,35,38). The predicted molar refractivity (Wildman–Crippen MR) is 163 cm³/mol. The van der Waals surface area contributed by atoms with Gasteiger partial charge >= 0.3 is 0 Å². The number of hydrogen-bond acceptors (Lipinski definition) is 6. The first-order valence-electron chi connectivity index (χ1n) is 14.4. The number of hydrogen-bond donors (Lipinski definition) is 3. The molecule has 1 aromatic carbocycles. The summed E-state index contributed by atoms with van der Waals surface area (Å²) in [5.74, 6) is -0.172. The number of nitrogens with one attached hydrogen (secondary N) is 3. The molecule has 3 N–H and O–H groups in total. The van der Waals surface area contributed by atoms with Gasteiger partial charge < -0.3 is 20.7 Å². The second kappa shape index (κ2) is 15.1. The topological polar surface area (TPSA) is 110 Å². The number of amides is 2. The largest absolute Gasteiger partial charge is 0.381 e. The van der Waals surface area contributed by atoms with Crippen LogP contribution in [0.15, 0.2) is 30.5 Å². The number of anilines is 2. The summed E-state index contributed by atoms with van der Waals surface area (Å²) in [5, 5.41) is 16.2. The van der Waals surface area contributed by atoms with Crippen molar-refractivity contribution >= 4 is 50.2 Å². The van der Waals surface area contributed by atoms with Gasteiger partial charge in [-0.15, -0.1) is 0 Å². The fourth-order valence-electron chi connectivity index (χ4n) is 5.01. The lowest BCUT2D eigenvalue weighted by Gasteiger charge is -2.26. The van der Waals surface area contributed by atoms with Crippen molar-refractivity contribution in [3.63, 3.8) is 0 Å². The maximum absolute atomic E-state index is 13.1. The van der Waals surface area contributed by atoms with Crippen LogP contribution in [0, 0.1) is 6.92 Å². The first kappa shape index (κ1) is 30.0. The minimum absolute atomic E-state index is 0.00649. The smallest absolute Gasteiger partial charge is 0.251 e. The van der Waals surface area contributed by atoms with Crippen LogP contribution in [0.2, 0.25) is 0 Å². The van der Waals surface area contributed by atoms with E-state index in [0.29, 0.717) is 30.3 Å². The van der Waals surface area contributed by atoms with E-state index in [9.17, 15) is 9.59 Å². The lowest BCUT2D eigenvalue weighted by atomic mass is 10.0. The van der Waals surface area contributed by atoms with Gasteiger partial charge in [0.15, 0.2) is 5.65 Å². The quantitative estimate of drug-likeness (QED) is 0.153. The summed E-state index contributed by atoms with van der Waals surface area (Å²) in [6.45, 7) is 6.57. The van der Waals surface area contributed by atoms with E-state index in [1.807, 2.05) is 24.7 Å². The molecule has 0 saturated carbocycles. The van der Waals surface area contributed by atoms with Crippen molar-refractivity contribution in [1.82, 2.24) is 20.1 Å². The second-order valence-corrected chi connectivity index (χ2v) is 11.1. The number of unbranched alkanes of at least 4 members (excludes halogenated alkanes) is 4. The van der Waals surface area contributed by atoms with E-state index in [1.165, 1.54) is 12.8 Å². The zero-order chi connectivity index (χ0) is 28.3. The molecule has 10 heteroatoms. The van der Waals surface area contributed by atoms with Crippen LogP contribution in [-0.4, -0.2) is 51.2 Å². The number of halogens is 1. The molecule has 0 bridgehead atoms. The van der Waals surface area contributed by atoms with Crippen molar-refractivity contribution in [2.75, 3.05) is 29.2 Å². The third-order valence-electron chi connectivity index (χ3n) is 7.36. The highest BCUT2D eigenvalue weighted by molar-refractivity contribution is 9.09. The van der Waals surface area contributed by atoms with Gasteiger partial charge in [0.25, 0.3) is 5.91 Å². The van der Waals surface area contributed by atoms with Gasteiger partial charge in [-0.05, 0) is 63.8 Å². The molecule has 4 rings (SSSR count). The third-order valence-corrected chi connectivity index (χ3v) is 7.92. The Morgan fingerprint density at radius 3 is 2.52 bits per heavy atom. The number of aromatic nitrogens is 3. The van der Waals surface area contributed by atoms with Gasteiger partial charge in [-0.1, -0.05) is 35.2 Å². The summed E-state index contributed by atoms with van der Waals surface area (Å²) in [5.41, 5.74) is 4.88. The zero-order valence-corrected chi connectivity index (χ0v) is 25.2. The van der Waals surface area contributed by atoms with Crippen molar-refractivity contribution in [3.8, 4) is 0 Å². The van der Waals surface area contributed by atoms with Gasteiger partial charge in [0.05, 0.1) is 17.3 Å². The molecule has 216 valence electrons. The van der Waals surface area contributed by atoms with Gasteiger partial charge in [-0.2, -0.15) is 5.10 Å². The lowest BCUT2D eigenvalue weighted by molar-refractivity contribution is -0.116. The number of fused-ring (bicyclic) bond motifs is 1. The van der Waals surface area contributed by atoms with Crippen molar-refractivity contribution in [2.45, 2.75) is 84.3 Å². The molecule has 0 atom stereocenters. The average Bonchev–Trinajstić information content (AvgIpc) is 3.38. The molecular formula is C30H41BrN6O3. The number of benzene rings is 1. The molecule has 3 heterocycles. The zero-order valence-electron chi connectivity index (χ0n) is 23.6. The van der Waals surface area contributed by atoms with Crippen molar-refractivity contribution in [2.24, 2.45) is 0 Å². The molecular weight excluding hydrogens is 572 g/mol. The van der Waals surface area contributed by atoms with Crippen LogP contribution >= 0.6 is 15.9 Å². The maximum Gasteiger partial charge on any atom is 0.251 e. The van der Waals surface area contributed by atoms with E-state index in [-0.39, 0.29) is 11.8 Å². The van der Waals surface area contributed by atoms with E-state index >= 15 is 0 Å². The van der Waals surface area contributed by atoms with Crippen molar-refractivity contribution < 1.29 is 14.3 Å². The maximum atomic E-state index is 13.1. The number of ether oxygens (including phenoxy) is 1. The Morgan fingerprint density at radius 2 is 1.80 bits per heavy atom. The summed E-state index contributed by atoms with van der Waals surface area (Å²) >= 11 is 3.44. The Balaban J connectivity index is 1.37. The second-order valence-electron chi connectivity index (χ2n) is 10.3. The number of aryl methyl sites for hydroxylation is 2. The van der Waals surface area contributed by atoms with E-state index in [4.69, 9.17) is 9.72 Å². The molecule has 1 aliphatic rings. The van der Waals surface area contributed by atoms with Crippen LogP contribution in [0.3, 0.4) is 0 Å². The first-order chi connectivity index (χ1) is 19.5. The molecule has 1 saturated heterocycles. The van der Waals surface area contributed by atoms with Crippen molar-refractivity contribution in [3.05, 3.63) is 47.3 Å². The van der Waals surface area contributed by atoms with E-state index < -0.39 is 0 Å².